The lowest BCUT2D eigenvalue weighted by Crippen LogP contribution is -2.14. The topological polar surface area (TPSA) is 25.8 Å². The number of fused-ring (bicyclic) bond motifs is 6. The van der Waals surface area contributed by atoms with Crippen LogP contribution in [0.3, 0.4) is 0 Å². The van der Waals surface area contributed by atoms with Crippen LogP contribution in [0.2, 0.25) is 0 Å². The maximum Gasteiger partial charge on any atom is 0.160 e. The number of benzene rings is 9. The molecule has 0 fully saturated rings. The van der Waals surface area contributed by atoms with Crippen LogP contribution in [0.15, 0.2) is 206 Å². The van der Waals surface area contributed by atoms with Crippen LogP contribution in [0, 0.1) is 0 Å². The van der Waals surface area contributed by atoms with E-state index in [4.69, 9.17) is 9.97 Å². The summed E-state index contributed by atoms with van der Waals surface area (Å²) in [7, 11) is 0. The second-order valence-electron chi connectivity index (χ2n) is 16.2. The molecule has 0 atom stereocenters. The summed E-state index contributed by atoms with van der Waals surface area (Å²) in [6.07, 6.45) is 0. The largest absolute Gasteiger partial charge is 0.228 e. The third kappa shape index (κ3) is 5.96. The Morgan fingerprint density at radius 3 is 1.61 bits per heavy atom. The minimum atomic E-state index is -0.0753. The van der Waals surface area contributed by atoms with E-state index in [0.717, 1.165) is 39.0 Å². The molecule has 0 amide bonds. The van der Waals surface area contributed by atoms with E-state index in [1.54, 1.807) is 0 Å². The van der Waals surface area contributed by atoms with Crippen molar-refractivity contribution >= 4 is 21.5 Å². The van der Waals surface area contributed by atoms with Crippen molar-refractivity contribution in [2.45, 2.75) is 19.3 Å². The standard InChI is InChI=1S/C57H40N2/c1-57(2)51-32-29-44(35-50(51)55-46-21-10-9-16-39(46)28-33-52(55)57)45-30-31-49(48-23-12-11-22-47(45)48)54-36-53(58-56(59-54)41-17-7-4-8-18-41)40-26-24-38(25-27-40)43-20-13-19-42(34-43)37-14-5-3-6-15-37/h3-36H,1-2H3. The zero-order valence-electron chi connectivity index (χ0n) is 33.0. The van der Waals surface area contributed by atoms with E-state index >= 15 is 0 Å². The summed E-state index contributed by atoms with van der Waals surface area (Å²) in [5, 5.41) is 4.95. The lowest BCUT2D eigenvalue weighted by Gasteiger charge is -2.22. The SMILES string of the molecule is CC1(C)c2ccc(-c3ccc(-c4cc(-c5ccc(-c6cccc(-c7ccccc7)c6)cc5)nc(-c5ccccc5)n4)c4ccccc34)cc2-c2c1ccc1ccccc21. The average molecular weight is 753 g/mol. The second kappa shape index (κ2) is 13.9. The highest BCUT2D eigenvalue weighted by atomic mass is 14.9. The van der Waals surface area contributed by atoms with E-state index in [1.807, 2.05) is 18.2 Å². The number of rotatable bonds is 6. The van der Waals surface area contributed by atoms with Crippen molar-refractivity contribution < 1.29 is 0 Å². The quantitative estimate of drug-likeness (QED) is 0.169. The first-order chi connectivity index (χ1) is 29.0. The summed E-state index contributed by atoms with van der Waals surface area (Å²) in [5.41, 5.74) is 17.5. The van der Waals surface area contributed by atoms with Gasteiger partial charge in [0, 0.05) is 22.1 Å². The van der Waals surface area contributed by atoms with Gasteiger partial charge in [-0.3, -0.25) is 0 Å². The summed E-state index contributed by atoms with van der Waals surface area (Å²) in [6.45, 7) is 4.71. The Balaban J connectivity index is 1.02. The third-order valence-electron chi connectivity index (χ3n) is 12.3. The smallest absolute Gasteiger partial charge is 0.160 e. The molecule has 2 nitrogen and oxygen atoms in total. The van der Waals surface area contributed by atoms with Crippen LogP contribution in [0.4, 0.5) is 0 Å². The Bertz CT molecular complexity index is 3220. The molecule has 0 spiro atoms. The van der Waals surface area contributed by atoms with Crippen molar-refractivity contribution in [1.82, 2.24) is 9.97 Å². The predicted octanol–water partition coefficient (Wildman–Crippen LogP) is 15.1. The fourth-order valence-electron chi connectivity index (χ4n) is 9.26. The van der Waals surface area contributed by atoms with Gasteiger partial charge in [-0.15, -0.1) is 0 Å². The van der Waals surface area contributed by atoms with Gasteiger partial charge in [0.1, 0.15) is 0 Å². The molecule has 278 valence electrons. The minimum absolute atomic E-state index is 0.0753. The Hall–Kier alpha value is -7.42. The summed E-state index contributed by atoms with van der Waals surface area (Å²) >= 11 is 0. The van der Waals surface area contributed by atoms with E-state index in [-0.39, 0.29) is 5.41 Å². The molecule has 2 heteroatoms. The fourth-order valence-corrected chi connectivity index (χ4v) is 9.26. The molecule has 1 aliphatic rings. The molecular weight excluding hydrogens is 713 g/mol. The lowest BCUT2D eigenvalue weighted by atomic mass is 9.81. The first-order valence-corrected chi connectivity index (χ1v) is 20.4. The van der Waals surface area contributed by atoms with Crippen molar-refractivity contribution in [3.63, 3.8) is 0 Å². The van der Waals surface area contributed by atoms with E-state index < -0.39 is 0 Å². The fraction of sp³-hybridized carbons (Fsp3) is 0.0526. The van der Waals surface area contributed by atoms with Crippen molar-refractivity contribution in [3.8, 4) is 78.4 Å². The summed E-state index contributed by atoms with van der Waals surface area (Å²) < 4.78 is 0. The van der Waals surface area contributed by atoms with Crippen LogP contribution < -0.4 is 0 Å². The molecule has 59 heavy (non-hydrogen) atoms. The summed E-state index contributed by atoms with van der Waals surface area (Å²) in [6, 6.07) is 74.3. The van der Waals surface area contributed by atoms with E-state index in [2.05, 4.69) is 202 Å². The molecule has 0 N–H and O–H groups in total. The molecule has 0 unspecified atom stereocenters. The van der Waals surface area contributed by atoms with Crippen LogP contribution in [0.5, 0.6) is 0 Å². The highest BCUT2D eigenvalue weighted by molar-refractivity contribution is 6.07. The molecule has 1 aliphatic carbocycles. The second-order valence-corrected chi connectivity index (χ2v) is 16.2. The molecule has 1 aromatic heterocycles. The Kier molecular flexibility index (Phi) is 8.20. The first-order valence-electron chi connectivity index (χ1n) is 20.4. The molecule has 9 aromatic carbocycles. The highest BCUT2D eigenvalue weighted by Crippen LogP contribution is 2.52. The molecule has 11 rings (SSSR count). The number of hydrogen-bond acceptors (Lipinski definition) is 2. The molecule has 0 bridgehead atoms. The van der Waals surface area contributed by atoms with Gasteiger partial charge in [0.15, 0.2) is 5.82 Å². The van der Waals surface area contributed by atoms with Gasteiger partial charge in [0.2, 0.25) is 0 Å². The van der Waals surface area contributed by atoms with E-state index in [9.17, 15) is 0 Å². The van der Waals surface area contributed by atoms with Gasteiger partial charge >= 0.3 is 0 Å². The minimum Gasteiger partial charge on any atom is -0.228 e. The van der Waals surface area contributed by atoms with Crippen LogP contribution in [-0.4, -0.2) is 9.97 Å². The Morgan fingerprint density at radius 2 is 0.864 bits per heavy atom. The molecule has 0 saturated carbocycles. The molecule has 0 radical (unpaired) electrons. The van der Waals surface area contributed by atoms with Crippen LogP contribution in [0.25, 0.3) is 100.0 Å². The summed E-state index contributed by atoms with van der Waals surface area (Å²) in [4.78, 5) is 10.4. The van der Waals surface area contributed by atoms with Crippen LogP contribution in [0.1, 0.15) is 25.0 Å². The molecular formula is C57H40N2. The van der Waals surface area contributed by atoms with E-state index in [0.29, 0.717) is 5.82 Å². The lowest BCUT2D eigenvalue weighted by molar-refractivity contribution is 0.661. The number of aromatic nitrogens is 2. The van der Waals surface area contributed by atoms with Crippen molar-refractivity contribution in [2.75, 3.05) is 0 Å². The highest BCUT2D eigenvalue weighted by Gasteiger charge is 2.36. The van der Waals surface area contributed by atoms with Crippen molar-refractivity contribution in [2.24, 2.45) is 0 Å². The number of hydrogen-bond donors (Lipinski definition) is 0. The van der Waals surface area contributed by atoms with Crippen molar-refractivity contribution in [3.05, 3.63) is 217 Å². The van der Waals surface area contributed by atoms with Gasteiger partial charge in [-0.1, -0.05) is 202 Å². The molecule has 0 saturated heterocycles. The number of nitrogens with zero attached hydrogens (tertiary/aromatic N) is 2. The molecule has 0 aliphatic heterocycles. The predicted molar refractivity (Wildman–Crippen MR) is 247 cm³/mol. The van der Waals surface area contributed by atoms with Crippen LogP contribution in [-0.2, 0) is 5.41 Å². The van der Waals surface area contributed by atoms with Crippen molar-refractivity contribution in [1.29, 1.82) is 0 Å². The monoisotopic (exact) mass is 752 g/mol. The Labute approximate surface area is 345 Å². The Morgan fingerprint density at radius 1 is 0.322 bits per heavy atom. The maximum atomic E-state index is 5.26. The molecule has 10 aromatic rings. The van der Waals surface area contributed by atoms with Gasteiger partial charge in [0.05, 0.1) is 11.4 Å². The van der Waals surface area contributed by atoms with Crippen LogP contribution >= 0.6 is 0 Å². The average Bonchev–Trinajstić information content (AvgIpc) is 3.54. The summed E-state index contributed by atoms with van der Waals surface area (Å²) in [5.74, 6) is 0.707. The van der Waals surface area contributed by atoms with Gasteiger partial charge < -0.3 is 0 Å². The zero-order valence-corrected chi connectivity index (χ0v) is 33.0. The van der Waals surface area contributed by atoms with Gasteiger partial charge in [-0.25, -0.2) is 9.97 Å². The van der Waals surface area contributed by atoms with Gasteiger partial charge in [0.25, 0.3) is 0 Å². The zero-order chi connectivity index (χ0) is 39.5. The first kappa shape index (κ1) is 34.8. The normalized spacial score (nSPS) is 12.7. The van der Waals surface area contributed by atoms with E-state index in [1.165, 1.54) is 66.2 Å². The van der Waals surface area contributed by atoms with Gasteiger partial charge in [-0.05, 0) is 95.4 Å². The molecule has 1 heterocycles. The van der Waals surface area contributed by atoms with Gasteiger partial charge in [-0.2, -0.15) is 0 Å². The maximum absolute atomic E-state index is 5.26. The third-order valence-corrected chi connectivity index (χ3v) is 12.3.